The molecule has 3 aromatic rings. The number of nitrogens with zero attached hydrogens (tertiary/aromatic N) is 3. The quantitative estimate of drug-likeness (QED) is 0.686. The lowest BCUT2D eigenvalue weighted by molar-refractivity contribution is 0.102. The number of rotatable bonds is 7. The normalized spacial score (nSPS) is 10.7. The van der Waals surface area contributed by atoms with Crippen LogP contribution in [0.3, 0.4) is 0 Å². The number of aromatic nitrogens is 3. The van der Waals surface area contributed by atoms with Crippen LogP contribution in [-0.2, 0) is 13.0 Å². The molecule has 0 atom stereocenters. The number of carbonyl (C=O) groups is 1. The number of benzene rings is 1. The van der Waals surface area contributed by atoms with Gasteiger partial charge in [0.2, 0.25) is 0 Å². The summed E-state index contributed by atoms with van der Waals surface area (Å²) >= 11 is 0. The van der Waals surface area contributed by atoms with Crippen molar-refractivity contribution in [1.29, 1.82) is 0 Å². The minimum atomic E-state index is -0.262. The van der Waals surface area contributed by atoms with Crippen molar-refractivity contribution in [2.75, 3.05) is 11.9 Å². The molecule has 3 rings (SSSR count). The Kier molecular flexibility index (Phi) is 5.76. The van der Waals surface area contributed by atoms with Crippen molar-refractivity contribution in [1.82, 2.24) is 14.8 Å². The molecule has 0 fully saturated rings. The second-order valence-corrected chi connectivity index (χ2v) is 6.00. The predicted octanol–water partition coefficient (Wildman–Crippen LogP) is 3.14. The zero-order valence-corrected chi connectivity index (χ0v) is 14.7. The molecule has 134 valence electrons. The Morgan fingerprint density at radius 1 is 1.23 bits per heavy atom. The Morgan fingerprint density at radius 2 is 2.04 bits per heavy atom. The van der Waals surface area contributed by atoms with E-state index in [2.05, 4.69) is 34.5 Å². The van der Waals surface area contributed by atoms with Crippen LogP contribution in [0.1, 0.15) is 29.3 Å². The van der Waals surface area contributed by atoms with Gasteiger partial charge in [0, 0.05) is 24.0 Å². The maximum Gasteiger partial charge on any atom is 0.258 e. The topological polar surface area (TPSA) is 80.0 Å². The van der Waals surface area contributed by atoms with E-state index in [-0.39, 0.29) is 12.5 Å². The lowest BCUT2D eigenvalue weighted by atomic mass is 10.1. The molecule has 0 spiro atoms. The summed E-state index contributed by atoms with van der Waals surface area (Å²) in [5, 5.41) is 16.6. The van der Waals surface area contributed by atoms with Crippen molar-refractivity contribution < 1.29 is 9.90 Å². The van der Waals surface area contributed by atoms with Crippen LogP contribution >= 0.6 is 0 Å². The van der Waals surface area contributed by atoms with Gasteiger partial charge in [0.25, 0.3) is 5.91 Å². The summed E-state index contributed by atoms with van der Waals surface area (Å²) in [6.45, 7) is 2.39. The van der Waals surface area contributed by atoms with Crippen molar-refractivity contribution in [2.24, 2.45) is 0 Å². The summed E-state index contributed by atoms with van der Waals surface area (Å²) in [5.74, 6) is 0.280. The van der Waals surface area contributed by atoms with Gasteiger partial charge in [-0.3, -0.25) is 9.78 Å². The summed E-state index contributed by atoms with van der Waals surface area (Å²) in [7, 11) is 0. The van der Waals surface area contributed by atoms with Gasteiger partial charge in [-0.25, -0.2) is 4.68 Å². The highest BCUT2D eigenvalue weighted by atomic mass is 16.3. The van der Waals surface area contributed by atoms with Gasteiger partial charge in [-0.15, -0.1) is 0 Å². The van der Waals surface area contributed by atoms with E-state index in [1.807, 2.05) is 18.2 Å². The molecule has 0 bridgehead atoms. The molecule has 0 saturated heterocycles. The number of aryl methyl sites for hydroxylation is 1. The number of hydrogen-bond acceptors (Lipinski definition) is 4. The van der Waals surface area contributed by atoms with E-state index in [4.69, 9.17) is 0 Å². The minimum Gasteiger partial charge on any atom is -0.394 e. The fraction of sp³-hybridized carbons (Fsp3) is 0.250. The molecule has 2 aromatic heterocycles. The molecular formula is C20H22N4O2. The highest BCUT2D eigenvalue weighted by Crippen LogP contribution is 2.23. The number of aliphatic hydroxyl groups is 1. The zero-order valence-electron chi connectivity index (χ0n) is 14.7. The van der Waals surface area contributed by atoms with Crippen LogP contribution in [-0.4, -0.2) is 32.4 Å². The standard InChI is InChI=1S/C20H22N4O2/c1-2-4-15-6-8-16(9-7-15)18-13-19(24(23-18)11-12-25)22-20(26)17-5-3-10-21-14-17/h3,5-10,13-14,25H,2,4,11-12H2,1H3,(H,22,26). The Bertz CT molecular complexity index is 857. The molecule has 0 radical (unpaired) electrons. The maximum absolute atomic E-state index is 12.4. The number of pyridine rings is 1. The first-order valence-electron chi connectivity index (χ1n) is 8.70. The molecule has 2 heterocycles. The van der Waals surface area contributed by atoms with Crippen LogP contribution in [0, 0.1) is 0 Å². The first kappa shape index (κ1) is 17.8. The number of carbonyl (C=O) groups excluding carboxylic acids is 1. The molecule has 1 aromatic carbocycles. The minimum absolute atomic E-state index is 0.0632. The number of aliphatic hydroxyl groups excluding tert-OH is 1. The van der Waals surface area contributed by atoms with E-state index in [1.54, 1.807) is 23.0 Å². The van der Waals surface area contributed by atoms with Gasteiger partial charge in [-0.1, -0.05) is 37.6 Å². The van der Waals surface area contributed by atoms with Gasteiger partial charge in [0.15, 0.2) is 0 Å². The van der Waals surface area contributed by atoms with Crippen LogP contribution < -0.4 is 5.32 Å². The van der Waals surface area contributed by atoms with E-state index < -0.39 is 0 Å². The molecule has 0 aliphatic heterocycles. The van der Waals surface area contributed by atoms with E-state index >= 15 is 0 Å². The fourth-order valence-corrected chi connectivity index (χ4v) is 2.74. The fourth-order valence-electron chi connectivity index (χ4n) is 2.74. The molecule has 0 aliphatic rings. The Balaban J connectivity index is 1.85. The van der Waals surface area contributed by atoms with Gasteiger partial charge in [-0.05, 0) is 24.1 Å². The van der Waals surface area contributed by atoms with Gasteiger partial charge >= 0.3 is 0 Å². The third kappa shape index (κ3) is 4.15. The van der Waals surface area contributed by atoms with E-state index in [0.29, 0.717) is 17.9 Å². The molecule has 6 nitrogen and oxygen atoms in total. The van der Waals surface area contributed by atoms with Crippen molar-refractivity contribution in [3.8, 4) is 11.3 Å². The zero-order chi connectivity index (χ0) is 18.4. The first-order chi connectivity index (χ1) is 12.7. The van der Waals surface area contributed by atoms with Crippen LogP contribution in [0.15, 0.2) is 54.9 Å². The van der Waals surface area contributed by atoms with Gasteiger partial charge in [-0.2, -0.15) is 5.10 Å². The summed E-state index contributed by atoms with van der Waals surface area (Å²) < 4.78 is 1.60. The van der Waals surface area contributed by atoms with E-state index in [9.17, 15) is 9.90 Å². The Morgan fingerprint density at radius 3 is 2.69 bits per heavy atom. The second-order valence-electron chi connectivity index (χ2n) is 6.00. The van der Waals surface area contributed by atoms with Gasteiger partial charge in [0.05, 0.1) is 24.4 Å². The van der Waals surface area contributed by atoms with Crippen molar-refractivity contribution >= 4 is 11.7 Å². The van der Waals surface area contributed by atoms with Gasteiger partial charge < -0.3 is 10.4 Å². The molecule has 6 heteroatoms. The average molecular weight is 350 g/mol. The lowest BCUT2D eigenvalue weighted by Crippen LogP contribution is -2.16. The smallest absolute Gasteiger partial charge is 0.258 e. The van der Waals surface area contributed by atoms with E-state index in [0.717, 1.165) is 24.1 Å². The SMILES string of the molecule is CCCc1ccc(-c2cc(NC(=O)c3cccnc3)n(CCO)n2)cc1. The highest BCUT2D eigenvalue weighted by molar-refractivity contribution is 6.03. The summed E-state index contributed by atoms with van der Waals surface area (Å²) in [6.07, 6.45) is 5.28. The number of amides is 1. The molecule has 0 unspecified atom stereocenters. The summed E-state index contributed by atoms with van der Waals surface area (Å²) in [4.78, 5) is 16.3. The lowest BCUT2D eigenvalue weighted by Gasteiger charge is -2.07. The Labute approximate surface area is 152 Å². The van der Waals surface area contributed by atoms with Crippen LogP contribution in [0.2, 0.25) is 0 Å². The third-order valence-electron chi connectivity index (χ3n) is 4.05. The van der Waals surface area contributed by atoms with Crippen molar-refractivity contribution in [3.05, 3.63) is 66.0 Å². The van der Waals surface area contributed by atoms with Crippen LogP contribution in [0.5, 0.6) is 0 Å². The molecule has 0 aliphatic carbocycles. The second kappa shape index (κ2) is 8.40. The van der Waals surface area contributed by atoms with Gasteiger partial charge in [0.1, 0.15) is 5.82 Å². The average Bonchev–Trinajstić information content (AvgIpc) is 3.06. The number of hydrogen-bond donors (Lipinski definition) is 2. The largest absolute Gasteiger partial charge is 0.394 e. The monoisotopic (exact) mass is 350 g/mol. The Hall–Kier alpha value is -2.99. The third-order valence-corrected chi connectivity index (χ3v) is 4.05. The highest BCUT2D eigenvalue weighted by Gasteiger charge is 2.13. The molecule has 2 N–H and O–H groups in total. The summed E-state index contributed by atoms with van der Waals surface area (Å²) in [6, 6.07) is 13.5. The van der Waals surface area contributed by atoms with Crippen LogP contribution in [0.25, 0.3) is 11.3 Å². The molecule has 0 saturated carbocycles. The predicted molar refractivity (Wildman–Crippen MR) is 101 cm³/mol. The van der Waals surface area contributed by atoms with E-state index in [1.165, 1.54) is 11.8 Å². The maximum atomic E-state index is 12.4. The van der Waals surface area contributed by atoms with Crippen molar-refractivity contribution in [3.63, 3.8) is 0 Å². The summed E-state index contributed by atoms with van der Waals surface area (Å²) in [5.41, 5.74) is 3.48. The van der Waals surface area contributed by atoms with Crippen LogP contribution in [0.4, 0.5) is 5.82 Å². The molecule has 1 amide bonds. The van der Waals surface area contributed by atoms with Crippen molar-refractivity contribution in [2.45, 2.75) is 26.3 Å². The number of anilines is 1. The molecular weight excluding hydrogens is 328 g/mol. The number of nitrogens with one attached hydrogen (secondary N) is 1. The molecule has 26 heavy (non-hydrogen) atoms. The first-order valence-corrected chi connectivity index (χ1v) is 8.70.